The van der Waals surface area contributed by atoms with Gasteiger partial charge < -0.3 is 16.2 Å². The number of carbonyl (C=O) groups is 1. The Hall–Kier alpha value is -1.85. The van der Waals surface area contributed by atoms with Crippen molar-refractivity contribution in [2.24, 2.45) is 5.73 Å². The van der Waals surface area contributed by atoms with Crippen LogP contribution in [-0.4, -0.2) is 17.1 Å². The smallest absolute Gasteiger partial charge is 0.241 e. The Morgan fingerprint density at radius 3 is 2.57 bits per heavy atom. The van der Waals surface area contributed by atoms with Gasteiger partial charge in [0, 0.05) is 10.2 Å². The molecule has 110 valence electrons. The molecule has 0 saturated carbocycles. The summed E-state index contributed by atoms with van der Waals surface area (Å²) in [4.78, 5) is 12.1. The number of amides is 1. The van der Waals surface area contributed by atoms with Crippen LogP contribution in [0.2, 0.25) is 0 Å². The van der Waals surface area contributed by atoms with Crippen molar-refractivity contribution in [3.63, 3.8) is 0 Å². The number of benzene rings is 2. The van der Waals surface area contributed by atoms with Crippen molar-refractivity contribution in [1.82, 2.24) is 0 Å². The number of hydrogen-bond donors (Lipinski definition) is 3. The summed E-state index contributed by atoms with van der Waals surface area (Å²) in [5, 5.41) is 12.0. The van der Waals surface area contributed by atoms with E-state index >= 15 is 0 Å². The SMILES string of the molecule is Cc1cc(NC(=O)[C@@H](N)Cc2ccc(O)cc2)ccc1Br. The molecule has 2 aromatic carbocycles. The summed E-state index contributed by atoms with van der Waals surface area (Å²) in [7, 11) is 0. The van der Waals surface area contributed by atoms with Gasteiger partial charge in [-0.1, -0.05) is 28.1 Å². The van der Waals surface area contributed by atoms with E-state index in [-0.39, 0.29) is 11.7 Å². The monoisotopic (exact) mass is 348 g/mol. The normalized spacial score (nSPS) is 12.0. The van der Waals surface area contributed by atoms with Crippen LogP contribution in [0, 0.1) is 6.92 Å². The van der Waals surface area contributed by atoms with E-state index in [0.29, 0.717) is 6.42 Å². The second-order valence-corrected chi connectivity index (χ2v) is 5.78. The number of hydrogen-bond acceptors (Lipinski definition) is 3. The second-order valence-electron chi connectivity index (χ2n) is 4.93. The summed E-state index contributed by atoms with van der Waals surface area (Å²) >= 11 is 3.42. The minimum Gasteiger partial charge on any atom is -0.508 e. The summed E-state index contributed by atoms with van der Waals surface area (Å²) in [6, 6.07) is 11.6. The highest BCUT2D eigenvalue weighted by atomic mass is 79.9. The Morgan fingerprint density at radius 2 is 1.95 bits per heavy atom. The van der Waals surface area contributed by atoms with E-state index in [1.54, 1.807) is 24.3 Å². The fourth-order valence-electron chi connectivity index (χ4n) is 1.94. The summed E-state index contributed by atoms with van der Waals surface area (Å²) < 4.78 is 0.994. The van der Waals surface area contributed by atoms with E-state index < -0.39 is 6.04 Å². The van der Waals surface area contributed by atoms with E-state index in [1.165, 1.54) is 0 Å². The zero-order valence-electron chi connectivity index (χ0n) is 11.6. The number of phenols is 1. The maximum atomic E-state index is 12.1. The van der Waals surface area contributed by atoms with Crippen LogP contribution in [0.3, 0.4) is 0 Å². The summed E-state index contributed by atoms with van der Waals surface area (Å²) in [6.07, 6.45) is 0.418. The van der Waals surface area contributed by atoms with Gasteiger partial charge in [-0.15, -0.1) is 0 Å². The number of aromatic hydroxyl groups is 1. The van der Waals surface area contributed by atoms with Crippen LogP contribution in [0.4, 0.5) is 5.69 Å². The van der Waals surface area contributed by atoms with Crippen LogP contribution >= 0.6 is 15.9 Å². The average molecular weight is 349 g/mol. The predicted octanol–water partition coefficient (Wildman–Crippen LogP) is 2.97. The average Bonchev–Trinajstić information content (AvgIpc) is 2.45. The summed E-state index contributed by atoms with van der Waals surface area (Å²) in [5.74, 6) is -0.0353. The van der Waals surface area contributed by atoms with Crippen LogP contribution in [0.5, 0.6) is 5.75 Å². The number of phenolic OH excluding ortho intramolecular Hbond substituents is 1. The lowest BCUT2D eigenvalue weighted by molar-refractivity contribution is -0.117. The number of aryl methyl sites for hydroxylation is 1. The van der Waals surface area contributed by atoms with Crippen LogP contribution in [0.15, 0.2) is 46.9 Å². The number of carbonyl (C=O) groups excluding carboxylic acids is 1. The number of nitrogens with two attached hydrogens (primary N) is 1. The van der Waals surface area contributed by atoms with Gasteiger partial charge in [0.2, 0.25) is 5.91 Å². The predicted molar refractivity (Wildman–Crippen MR) is 87.3 cm³/mol. The largest absolute Gasteiger partial charge is 0.508 e. The van der Waals surface area contributed by atoms with Gasteiger partial charge in [0.05, 0.1) is 6.04 Å². The standard InChI is InChI=1S/C16H17BrN2O2/c1-10-8-12(4-7-14(10)17)19-16(21)15(18)9-11-2-5-13(20)6-3-11/h2-8,15,20H,9,18H2,1H3,(H,19,21)/t15-/m0/s1. The first-order valence-electron chi connectivity index (χ1n) is 6.56. The molecule has 0 fully saturated rings. The summed E-state index contributed by atoms with van der Waals surface area (Å²) in [5.41, 5.74) is 8.59. The Balaban J connectivity index is 1.98. The van der Waals surface area contributed by atoms with Crippen LogP contribution in [0.1, 0.15) is 11.1 Å². The summed E-state index contributed by atoms with van der Waals surface area (Å²) in [6.45, 7) is 1.95. The second kappa shape index (κ2) is 6.74. The Bertz CT molecular complexity index is 641. The third-order valence-corrected chi connectivity index (χ3v) is 4.04. The van der Waals surface area contributed by atoms with Gasteiger partial charge in [-0.2, -0.15) is 0 Å². The molecule has 0 heterocycles. The highest BCUT2D eigenvalue weighted by Gasteiger charge is 2.14. The molecule has 2 rings (SSSR count). The third kappa shape index (κ3) is 4.31. The Morgan fingerprint density at radius 1 is 1.29 bits per heavy atom. The van der Waals surface area contributed by atoms with Crippen molar-refractivity contribution < 1.29 is 9.90 Å². The number of anilines is 1. The molecule has 0 aromatic heterocycles. The van der Waals surface area contributed by atoms with Crippen molar-refractivity contribution in [2.45, 2.75) is 19.4 Å². The van der Waals surface area contributed by atoms with E-state index in [4.69, 9.17) is 5.73 Å². The zero-order chi connectivity index (χ0) is 15.4. The maximum absolute atomic E-state index is 12.1. The molecule has 0 bridgehead atoms. The molecule has 1 amide bonds. The van der Waals surface area contributed by atoms with Crippen LogP contribution in [0.25, 0.3) is 0 Å². The fraction of sp³-hybridized carbons (Fsp3) is 0.188. The molecular weight excluding hydrogens is 332 g/mol. The highest BCUT2D eigenvalue weighted by molar-refractivity contribution is 9.10. The Kier molecular flexibility index (Phi) is 4.98. The maximum Gasteiger partial charge on any atom is 0.241 e. The van der Waals surface area contributed by atoms with Gasteiger partial charge in [0.15, 0.2) is 0 Å². The molecule has 0 unspecified atom stereocenters. The lowest BCUT2D eigenvalue weighted by Gasteiger charge is -2.13. The molecule has 4 N–H and O–H groups in total. The first-order chi connectivity index (χ1) is 9.95. The van der Waals surface area contributed by atoms with Gasteiger partial charge >= 0.3 is 0 Å². The Labute approximate surface area is 132 Å². The van der Waals surface area contributed by atoms with Crippen molar-refractivity contribution in [1.29, 1.82) is 0 Å². The topological polar surface area (TPSA) is 75.4 Å². The highest BCUT2D eigenvalue weighted by Crippen LogP contribution is 2.20. The number of halogens is 1. The zero-order valence-corrected chi connectivity index (χ0v) is 13.2. The van der Waals surface area contributed by atoms with Crippen molar-refractivity contribution >= 4 is 27.5 Å². The molecule has 0 aliphatic heterocycles. The fourth-order valence-corrected chi connectivity index (χ4v) is 2.18. The number of rotatable bonds is 4. The molecule has 0 spiro atoms. The molecular formula is C16H17BrN2O2. The van der Waals surface area contributed by atoms with E-state index in [9.17, 15) is 9.90 Å². The first kappa shape index (κ1) is 15.5. The van der Waals surface area contributed by atoms with Crippen LogP contribution < -0.4 is 11.1 Å². The van der Waals surface area contributed by atoms with Gasteiger partial charge in [0.25, 0.3) is 0 Å². The van der Waals surface area contributed by atoms with E-state index in [2.05, 4.69) is 21.2 Å². The minimum atomic E-state index is -0.640. The molecule has 0 saturated heterocycles. The molecule has 4 nitrogen and oxygen atoms in total. The quantitative estimate of drug-likeness (QED) is 0.794. The molecule has 0 radical (unpaired) electrons. The van der Waals surface area contributed by atoms with Crippen molar-refractivity contribution in [3.05, 3.63) is 58.1 Å². The molecule has 5 heteroatoms. The number of nitrogens with one attached hydrogen (secondary N) is 1. The lowest BCUT2D eigenvalue weighted by atomic mass is 10.1. The third-order valence-electron chi connectivity index (χ3n) is 3.15. The van der Waals surface area contributed by atoms with Gasteiger partial charge in [-0.25, -0.2) is 0 Å². The van der Waals surface area contributed by atoms with E-state index in [1.807, 2.05) is 25.1 Å². The first-order valence-corrected chi connectivity index (χ1v) is 7.35. The van der Waals surface area contributed by atoms with E-state index in [0.717, 1.165) is 21.3 Å². The van der Waals surface area contributed by atoms with Gasteiger partial charge in [-0.05, 0) is 54.8 Å². The minimum absolute atomic E-state index is 0.196. The molecule has 1 atom stereocenters. The molecule has 21 heavy (non-hydrogen) atoms. The van der Waals surface area contributed by atoms with Crippen molar-refractivity contribution in [3.8, 4) is 5.75 Å². The van der Waals surface area contributed by atoms with Gasteiger partial charge in [-0.3, -0.25) is 4.79 Å². The molecule has 2 aromatic rings. The van der Waals surface area contributed by atoms with Gasteiger partial charge in [0.1, 0.15) is 5.75 Å². The van der Waals surface area contributed by atoms with Crippen molar-refractivity contribution in [2.75, 3.05) is 5.32 Å². The molecule has 0 aliphatic carbocycles. The molecule has 0 aliphatic rings. The lowest BCUT2D eigenvalue weighted by Crippen LogP contribution is -2.37. The van der Waals surface area contributed by atoms with Crippen LogP contribution in [-0.2, 0) is 11.2 Å².